The SMILES string of the molecule is CSC(C)C(=O)N1CCCCC1c1nc(-c2ccc(C)c(Cl)c2)c[nH]1. The number of likely N-dealkylation sites (tertiary alicyclic amines) is 1. The Bertz CT molecular complexity index is 761. The molecule has 1 aromatic heterocycles. The fraction of sp³-hybridized carbons (Fsp3) is 0.474. The van der Waals surface area contributed by atoms with Gasteiger partial charge in [0.15, 0.2) is 0 Å². The summed E-state index contributed by atoms with van der Waals surface area (Å²) in [7, 11) is 0. The number of piperidine rings is 1. The van der Waals surface area contributed by atoms with Crippen molar-refractivity contribution in [2.75, 3.05) is 12.8 Å². The normalized spacial score (nSPS) is 19.0. The summed E-state index contributed by atoms with van der Waals surface area (Å²) in [5.74, 6) is 1.07. The molecule has 134 valence electrons. The number of amides is 1. The number of carbonyl (C=O) groups excluding carboxylic acids is 1. The van der Waals surface area contributed by atoms with Crippen molar-refractivity contribution in [1.82, 2.24) is 14.9 Å². The lowest BCUT2D eigenvalue weighted by Gasteiger charge is -2.36. The van der Waals surface area contributed by atoms with Gasteiger partial charge in [0, 0.05) is 23.3 Å². The lowest BCUT2D eigenvalue weighted by Crippen LogP contribution is -2.42. The molecule has 1 aliphatic heterocycles. The molecular formula is C19H24ClN3OS. The van der Waals surface area contributed by atoms with E-state index in [1.807, 2.05) is 49.4 Å². The Balaban J connectivity index is 1.86. The van der Waals surface area contributed by atoms with Crippen molar-refractivity contribution in [3.63, 3.8) is 0 Å². The van der Waals surface area contributed by atoms with E-state index in [0.717, 1.165) is 53.5 Å². The smallest absolute Gasteiger partial charge is 0.236 e. The fourth-order valence-electron chi connectivity index (χ4n) is 3.22. The molecule has 25 heavy (non-hydrogen) atoms. The van der Waals surface area contributed by atoms with E-state index < -0.39 is 0 Å². The number of hydrogen-bond acceptors (Lipinski definition) is 3. The molecule has 2 unspecified atom stereocenters. The molecule has 1 aromatic carbocycles. The molecule has 1 amide bonds. The van der Waals surface area contributed by atoms with Gasteiger partial charge in [-0.15, -0.1) is 0 Å². The second-order valence-electron chi connectivity index (χ2n) is 6.56. The summed E-state index contributed by atoms with van der Waals surface area (Å²) in [6.07, 6.45) is 7.02. The number of benzene rings is 1. The van der Waals surface area contributed by atoms with E-state index in [4.69, 9.17) is 16.6 Å². The zero-order chi connectivity index (χ0) is 18.0. The average molecular weight is 378 g/mol. The van der Waals surface area contributed by atoms with Crippen molar-refractivity contribution in [2.45, 2.75) is 44.4 Å². The third-order valence-corrected chi connectivity index (χ3v) is 6.18. The van der Waals surface area contributed by atoms with E-state index in [2.05, 4.69) is 4.98 Å². The predicted molar refractivity (Wildman–Crippen MR) is 105 cm³/mol. The average Bonchev–Trinajstić information content (AvgIpc) is 3.12. The Morgan fingerprint density at radius 3 is 2.96 bits per heavy atom. The molecule has 2 aromatic rings. The molecule has 1 aliphatic rings. The highest BCUT2D eigenvalue weighted by Gasteiger charge is 2.32. The molecule has 0 bridgehead atoms. The van der Waals surface area contributed by atoms with Crippen LogP contribution in [-0.4, -0.2) is 38.8 Å². The maximum atomic E-state index is 12.7. The molecule has 1 saturated heterocycles. The standard InChI is InChI=1S/C19H24ClN3OS/c1-12-7-8-14(10-15(12)20)16-11-21-18(22-16)17-6-4-5-9-23(17)19(24)13(2)25-3/h7-8,10-11,13,17H,4-6,9H2,1-3H3,(H,21,22). The number of hydrogen-bond donors (Lipinski definition) is 1. The maximum absolute atomic E-state index is 12.7. The van der Waals surface area contributed by atoms with Crippen LogP contribution in [0.15, 0.2) is 24.4 Å². The minimum atomic E-state index is -0.0223. The highest BCUT2D eigenvalue weighted by atomic mass is 35.5. The summed E-state index contributed by atoms with van der Waals surface area (Å²) in [4.78, 5) is 22.8. The summed E-state index contributed by atoms with van der Waals surface area (Å²) in [6.45, 7) is 4.77. The summed E-state index contributed by atoms with van der Waals surface area (Å²) in [5, 5.41) is 0.719. The van der Waals surface area contributed by atoms with Gasteiger partial charge >= 0.3 is 0 Å². The van der Waals surface area contributed by atoms with Gasteiger partial charge in [0.05, 0.1) is 17.0 Å². The van der Waals surface area contributed by atoms with Crippen molar-refractivity contribution in [1.29, 1.82) is 0 Å². The highest BCUT2D eigenvalue weighted by Crippen LogP contribution is 2.32. The van der Waals surface area contributed by atoms with Crippen LogP contribution in [0.5, 0.6) is 0 Å². The molecule has 0 radical (unpaired) electrons. The molecule has 1 fully saturated rings. The van der Waals surface area contributed by atoms with Crippen molar-refractivity contribution in [2.24, 2.45) is 0 Å². The highest BCUT2D eigenvalue weighted by molar-refractivity contribution is 7.99. The van der Waals surface area contributed by atoms with Crippen molar-refractivity contribution in [3.8, 4) is 11.3 Å². The first-order valence-corrected chi connectivity index (χ1v) is 10.3. The number of thioether (sulfide) groups is 1. The Morgan fingerprint density at radius 1 is 1.44 bits per heavy atom. The molecule has 3 rings (SSSR count). The minimum absolute atomic E-state index is 0.0223. The number of rotatable bonds is 4. The van der Waals surface area contributed by atoms with Crippen LogP contribution in [0, 0.1) is 6.92 Å². The predicted octanol–water partition coefficient (Wildman–Crippen LogP) is 4.84. The van der Waals surface area contributed by atoms with Crippen LogP contribution in [0.25, 0.3) is 11.3 Å². The molecule has 2 atom stereocenters. The topological polar surface area (TPSA) is 49.0 Å². The first-order chi connectivity index (χ1) is 12.0. The Labute approximate surface area is 158 Å². The number of carbonyl (C=O) groups is 1. The van der Waals surface area contributed by atoms with Gasteiger partial charge in [-0.3, -0.25) is 4.79 Å². The van der Waals surface area contributed by atoms with E-state index in [-0.39, 0.29) is 17.2 Å². The number of imidazole rings is 1. The number of aromatic nitrogens is 2. The summed E-state index contributed by atoms with van der Waals surface area (Å²) < 4.78 is 0. The number of H-pyrrole nitrogens is 1. The molecule has 0 aliphatic carbocycles. The Morgan fingerprint density at radius 2 is 2.24 bits per heavy atom. The van der Waals surface area contributed by atoms with Gasteiger partial charge in [0.25, 0.3) is 0 Å². The van der Waals surface area contributed by atoms with Crippen molar-refractivity contribution < 1.29 is 4.79 Å². The van der Waals surface area contributed by atoms with E-state index in [9.17, 15) is 4.79 Å². The first kappa shape index (κ1) is 18.3. The van der Waals surface area contributed by atoms with Gasteiger partial charge < -0.3 is 9.88 Å². The molecule has 4 nitrogen and oxygen atoms in total. The lowest BCUT2D eigenvalue weighted by atomic mass is 10.0. The number of aryl methyl sites for hydroxylation is 1. The van der Waals surface area contributed by atoms with Crippen LogP contribution in [-0.2, 0) is 4.79 Å². The zero-order valence-electron chi connectivity index (χ0n) is 14.9. The molecule has 6 heteroatoms. The van der Waals surface area contributed by atoms with E-state index in [1.54, 1.807) is 11.8 Å². The Kier molecular flexibility index (Phi) is 5.74. The summed E-state index contributed by atoms with van der Waals surface area (Å²) in [5.41, 5.74) is 2.91. The molecule has 0 saturated carbocycles. The number of nitrogens with one attached hydrogen (secondary N) is 1. The summed E-state index contributed by atoms with van der Waals surface area (Å²) in [6, 6.07) is 6.00. The number of halogens is 1. The number of nitrogens with zero attached hydrogens (tertiary/aromatic N) is 2. The second-order valence-corrected chi connectivity index (χ2v) is 8.14. The third-order valence-electron chi connectivity index (χ3n) is 4.87. The van der Waals surface area contributed by atoms with Crippen LogP contribution in [0.2, 0.25) is 5.02 Å². The van der Waals surface area contributed by atoms with Gasteiger partial charge in [-0.2, -0.15) is 11.8 Å². The van der Waals surface area contributed by atoms with Gasteiger partial charge in [-0.1, -0.05) is 23.7 Å². The van der Waals surface area contributed by atoms with Crippen LogP contribution in [0.1, 0.15) is 43.6 Å². The van der Waals surface area contributed by atoms with Gasteiger partial charge in [0.2, 0.25) is 5.91 Å². The third kappa shape index (κ3) is 3.87. The quantitative estimate of drug-likeness (QED) is 0.828. The largest absolute Gasteiger partial charge is 0.346 e. The molecular weight excluding hydrogens is 354 g/mol. The zero-order valence-corrected chi connectivity index (χ0v) is 16.5. The maximum Gasteiger partial charge on any atom is 0.236 e. The van der Waals surface area contributed by atoms with Gasteiger partial charge in [-0.25, -0.2) is 4.98 Å². The van der Waals surface area contributed by atoms with Crippen molar-refractivity contribution >= 4 is 29.3 Å². The first-order valence-electron chi connectivity index (χ1n) is 8.66. The second kappa shape index (κ2) is 7.83. The number of aromatic amines is 1. The van der Waals surface area contributed by atoms with Gasteiger partial charge in [-0.05, 0) is 51.0 Å². The minimum Gasteiger partial charge on any atom is -0.346 e. The molecule has 0 spiro atoms. The molecule has 1 N–H and O–H groups in total. The van der Waals surface area contributed by atoms with Gasteiger partial charge in [0.1, 0.15) is 5.82 Å². The van der Waals surface area contributed by atoms with Crippen LogP contribution < -0.4 is 0 Å². The monoisotopic (exact) mass is 377 g/mol. The summed E-state index contributed by atoms with van der Waals surface area (Å²) >= 11 is 7.83. The fourth-order valence-corrected chi connectivity index (χ4v) is 3.74. The lowest BCUT2D eigenvalue weighted by molar-refractivity contribution is -0.134. The van der Waals surface area contributed by atoms with E-state index >= 15 is 0 Å². The van der Waals surface area contributed by atoms with E-state index in [1.165, 1.54) is 0 Å². The van der Waals surface area contributed by atoms with Crippen molar-refractivity contribution in [3.05, 3.63) is 40.8 Å². The van der Waals surface area contributed by atoms with Crippen LogP contribution in [0.4, 0.5) is 0 Å². The Hall–Kier alpha value is -1.46. The van der Waals surface area contributed by atoms with Crippen LogP contribution in [0.3, 0.4) is 0 Å². The molecule has 2 heterocycles. The van der Waals surface area contributed by atoms with Crippen LogP contribution >= 0.6 is 23.4 Å². The van der Waals surface area contributed by atoms with E-state index in [0.29, 0.717) is 0 Å².